The molecule has 0 bridgehead atoms. The van der Waals surface area contributed by atoms with E-state index in [-0.39, 0.29) is 8.22 Å². The first-order valence-corrected chi connectivity index (χ1v) is 8.55. The Balaban J connectivity index is 2.02. The molecule has 0 radical (unpaired) electrons. The molecular formula is C14H27N2P. The minimum atomic E-state index is -0.186. The predicted molar refractivity (Wildman–Crippen MR) is 77.2 cm³/mol. The largest absolute Gasteiger partial charge is 0.267 e. The van der Waals surface area contributed by atoms with Crippen molar-refractivity contribution in [3.63, 3.8) is 0 Å². The molecule has 17 heavy (non-hydrogen) atoms. The van der Waals surface area contributed by atoms with Gasteiger partial charge >= 0.3 is 0 Å². The van der Waals surface area contributed by atoms with E-state index in [2.05, 4.69) is 22.8 Å². The van der Waals surface area contributed by atoms with Crippen LogP contribution >= 0.6 is 8.22 Å². The highest BCUT2D eigenvalue weighted by Gasteiger charge is 2.29. The smallest absolute Gasteiger partial charge is 0.0675 e. The van der Waals surface area contributed by atoms with Gasteiger partial charge in [-0.15, -0.1) is 0 Å². The van der Waals surface area contributed by atoms with Crippen LogP contribution in [0.3, 0.4) is 0 Å². The fourth-order valence-corrected chi connectivity index (χ4v) is 5.62. The molecule has 0 unspecified atom stereocenters. The first kappa shape index (κ1) is 13.5. The van der Waals surface area contributed by atoms with Gasteiger partial charge in [-0.25, -0.2) is 0 Å². The van der Waals surface area contributed by atoms with Crippen LogP contribution in [-0.2, 0) is 0 Å². The van der Waals surface area contributed by atoms with Crippen LogP contribution in [-0.4, -0.2) is 35.5 Å². The normalized spacial score (nSPS) is 24.1. The average Bonchev–Trinajstić information content (AvgIpc) is 2.41. The Morgan fingerprint density at radius 3 is 1.65 bits per heavy atom. The number of hydrogen-bond acceptors (Lipinski definition) is 2. The van der Waals surface area contributed by atoms with Crippen molar-refractivity contribution in [1.82, 2.24) is 9.34 Å². The van der Waals surface area contributed by atoms with Gasteiger partial charge in [-0.1, -0.05) is 26.3 Å². The van der Waals surface area contributed by atoms with Gasteiger partial charge in [0, 0.05) is 26.2 Å². The Morgan fingerprint density at radius 2 is 1.29 bits per heavy atom. The summed E-state index contributed by atoms with van der Waals surface area (Å²) in [6, 6.07) is 0. The molecule has 0 N–H and O–H groups in total. The molecule has 0 atom stereocenters. The standard InChI is InChI=1S/C14H27N2P/c1-3-14(2)17(15-10-6-4-7-11-15)16-12-8-5-9-13-16/h2-13H2,1H3. The van der Waals surface area contributed by atoms with Crippen molar-refractivity contribution in [2.45, 2.75) is 51.9 Å². The lowest BCUT2D eigenvalue weighted by atomic mass is 10.2. The molecule has 0 saturated carbocycles. The molecule has 0 spiro atoms. The summed E-state index contributed by atoms with van der Waals surface area (Å²) >= 11 is 0. The van der Waals surface area contributed by atoms with E-state index >= 15 is 0 Å². The first-order chi connectivity index (χ1) is 8.33. The van der Waals surface area contributed by atoms with Crippen molar-refractivity contribution < 1.29 is 0 Å². The van der Waals surface area contributed by atoms with Crippen molar-refractivity contribution in [2.75, 3.05) is 26.2 Å². The molecule has 2 nitrogen and oxygen atoms in total. The zero-order valence-corrected chi connectivity index (χ0v) is 12.2. The summed E-state index contributed by atoms with van der Waals surface area (Å²) in [6.07, 6.45) is 9.58. The molecule has 3 heteroatoms. The van der Waals surface area contributed by atoms with Crippen LogP contribution in [0.4, 0.5) is 0 Å². The fraction of sp³-hybridized carbons (Fsp3) is 0.857. The van der Waals surface area contributed by atoms with Crippen molar-refractivity contribution in [1.29, 1.82) is 0 Å². The third kappa shape index (κ3) is 3.53. The van der Waals surface area contributed by atoms with Crippen LogP contribution in [0.5, 0.6) is 0 Å². The third-order valence-corrected chi connectivity index (χ3v) is 6.65. The van der Waals surface area contributed by atoms with Gasteiger partial charge in [-0.3, -0.25) is 9.34 Å². The van der Waals surface area contributed by atoms with Gasteiger partial charge in [-0.2, -0.15) is 0 Å². The summed E-state index contributed by atoms with van der Waals surface area (Å²) in [6.45, 7) is 11.9. The lowest BCUT2D eigenvalue weighted by molar-refractivity contribution is 0.313. The molecule has 2 rings (SSSR count). The topological polar surface area (TPSA) is 6.48 Å². The lowest BCUT2D eigenvalue weighted by Crippen LogP contribution is -2.35. The van der Waals surface area contributed by atoms with Crippen LogP contribution < -0.4 is 0 Å². The highest BCUT2D eigenvalue weighted by atomic mass is 31.1. The van der Waals surface area contributed by atoms with E-state index in [0.29, 0.717) is 0 Å². The van der Waals surface area contributed by atoms with Gasteiger partial charge in [-0.05, 0) is 37.4 Å². The summed E-state index contributed by atoms with van der Waals surface area (Å²) < 4.78 is 5.49. The van der Waals surface area contributed by atoms with E-state index in [4.69, 9.17) is 0 Å². The monoisotopic (exact) mass is 254 g/mol. The Morgan fingerprint density at radius 1 is 0.882 bits per heavy atom. The second-order valence-electron chi connectivity index (χ2n) is 5.24. The Hall–Kier alpha value is 0.0900. The summed E-state index contributed by atoms with van der Waals surface area (Å²) in [7, 11) is -0.186. The maximum absolute atomic E-state index is 4.37. The maximum atomic E-state index is 4.37. The van der Waals surface area contributed by atoms with Gasteiger partial charge in [0.05, 0.1) is 8.22 Å². The van der Waals surface area contributed by atoms with Gasteiger partial charge in [0.25, 0.3) is 0 Å². The molecule has 2 aliphatic heterocycles. The van der Waals surface area contributed by atoms with E-state index in [0.717, 1.165) is 6.42 Å². The molecule has 0 amide bonds. The summed E-state index contributed by atoms with van der Waals surface area (Å²) in [4.78, 5) is 0. The second-order valence-corrected chi connectivity index (χ2v) is 7.58. The maximum Gasteiger partial charge on any atom is 0.0675 e. The third-order valence-electron chi connectivity index (χ3n) is 3.89. The molecule has 2 fully saturated rings. The van der Waals surface area contributed by atoms with Crippen LogP contribution in [0.2, 0.25) is 0 Å². The first-order valence-electron chi connectivity index (χ1n) is 7.30. The SMILES string of the molecule is C=C(CC)P(N1CCCCC1)N1CCCCC1. The molecule has 0 aliphatic carbocycles. The van der Waals surface area contributed by atoms with E-state index < -0.39 is 0 Å². The summed E-state index contributed by atoms with van der Waals surface area (Å²) in [5.74, 6) is 0. The fourth-order valence-electron chi connectivity index (χ4n) is 2.85. The minimum absolute atomic E-state index is 0.186. The Kier molecular flexibility index (Phi) is 5.47. The number of piperidine rings is 2. The molecule has 0 aromatic carbocycles. The van der Waals surface area contributed by atoms with Gasteiger partial charge in [0.1, 0.15) is 0 Å². The highest BCUT2D eigenvalue weighted by Crippen LogP contribution is 2.54. The van der Waals surface area contributed by atoms with Crippen LogP contribution in [0.1, 0.15) is 51.9 Å². The summed E-state index contributed by atoms with van der Waals surface area (Å²) in [5.41, 5.74) is 0. The zero-order chi connectivity index (χ0) is 12.1. The van der Waals surface area contributed by atoms with E-state index in [1.54, 1.807) is 0 Å². The zero-order valence-electron chi connectivity index (χ0n) is 11.3. The Bertz CT molecular complexity index is 225. The van der Waals surface area contributed by atoms with Gasteiger partial charge in [0.2, 0.25) is 0 Å². The van der Waals surface area contributed by atoms with Crippen LogP contribution in [0.25, 0.3) is 0 Å². The van der Waals surface area contributed by atoms with Crippen LogP contribution in [0.15, 0.2) is 11.9 Å². The quantitative estimate of drug-likeness (QED) is 0.694. The molecule has 2 heterocycles. The molecule has 98 valence electrons. The van der Waals surface area contributed by atoms with Crippen molar-refractivity contribution in [3.05, 3.63) is 11.9 Å². The number of rotatable bonds is 4. The van der Waals surface area contributed by atoms with Gasteiger partial charge in [0.15, 0.2) is 0 Å². The van der Waals surface area contributed by atoms with Gasteiger partial charge < -0.3 is 0 Å². The van der Waals surface area contributed by atoms with Crippen molar-refractivity contribution in [2.24, 2.45) is 0 Å². The average molecular weight is 254 g/mol. The number of allylic oxidation sites excluding steroid dienone is 1. The molecule has 2 aliphatic rings. The second kappa shape index (κ2) is 6.87. The Labute approximate surface area is 108 Å². The van der Waals surface area contributed by atoms with Crippen LogP contribution in [0, 0.1) is 0 Å². The van der Waals surface area contributed by atoms with Crippen molar-refractivity contribution in [3.8, 4) is 0 Å². The predicted octanol–water partition coefficient (Wildman–Crippen LogP) is 4.19. The minimum Gasteiger partial charge on any atom is -0.267 e. The molecular weight excluding hydrogens is 227 g/mol. The number of nitrogens with zero attached hydrogens (tertiary/aromatic N) is 2. The van der Waals surface area contributed by atoms with E-state index in [1.165, 1.54) is 70.0 Å². The van der Waals surface area contributed by atoms with E-state index in [9.17, 15) is 0 Å². The molecule has 0 aromatic rings. The summed E-state index contributed by atoms with van der Waals surface area (Å²) in [5, 5.41) is 1.49. The highest BCUT2D eigenvalue weighted by molar-refractivity contribution is 7.57. The van der Waals surface area contributed by atoms with E-state index in [1.807, 2.05) is 0 Å². The number of hydrogen-bond donors (Lipinski definition) is 0. The molecule has 2 saturated heterocycles. The molecule has 0 aromatic heterocycles. The van der Waals surface area contributed by atoms with Crippen molar-refractivity contribution >= 4 is 8.22 Å². The lowest BCUT2D eigenvalue weighted by Gasteiger charge is -2.43.